The number of aromatic nitrogens is 3. The van der Waals surface area contributed by atoms with Gasteiger partial charge in [-0.15, -0.1) is 0 Å². The molecule has 0 amide bonds. The number of hydrogen-bond acceptors (Lipinski definition) is 5. The van der Waals surface area contributed by atoms with Crippen LogP contribution in [0.2, 0.25) is 0 Å². The van der Waals surface area contributed by atoms with Crippen LogP contribution in [0.15, 0.2) is 36.8 Å². The third-order valence-corrected chi connectivity index (χ3v) is 3.85. The van der Waals surface area contributed by atoms with Crippen LogP contribution in [0.5, 0.6) is 0 Å². The van der Waals surface area contributed by atoms with Gasteiger partial charge in [0.15, 0.2) is 6.23 Å². The minimum absolute atomic E-state index is 0.0255. The van der Waals surface area contributed by atoms with Crippen molar-refractivity contribution in [2.24, 2.45) is 0 Å². The Labute approximate surface area is 141 Å². The molecule has 0 bridgehead atoms. The molecule has 1 fully saturated rings. The van der Waals surface area contributed by atoms with Gasteiger partial charge < -0.3 is 9.47 Å². The van der Waals surface area contributed by atoms with E-state index in [-0.39, 0.29) is 12.2 Å². The topological polar surface area (TPSA) is 66.2 Å². The van der Waals surface area contributed by atoms with Crippen LogP contribution in [0.1, 0.15) is 38.0 Å². The first-order valence-electron chi connectivity index (χ1n) is 8.23. The van der Waals surface area contributed by atoms with Gasteiger partial charge in [-0.05, 0) is 50.0 Å². The summed E-state index contributed by atoms with van der Waals surface area (Å²) in [6.45, 7) is 2.91. The van der Waals surface area contributed by atoms with Crippen LogP contribution in [-0.2, 0) is 14.3 Å². The van der Waals surface area contributed by atoms with E-state index in [2.05, 4.69) is 10.1 Å². The highest BCUT2D eigenvalue weighted by molar-refractivity contribution is 5.87. The zero-order valence-corrected chi connectivity index (χ0v) is 13.7. The van der Waals surface area contributed by atoms with Crippen molar-refractivity contribution in [2.75, 3.05) is 13.2 Å². The molecule has 0 aliphatic carbocycles. The number of esters is 1. The van der Waals surface area contributed by atoms with Crippen molar-refractivity contribution in [1.82, 2.24) is 14.8 Å². The van der Waals surface area contributed by atoms with Gasteiger partial charge in [-0.25, -0.2) is 9.48 Å². The first-order valence-corrected chi connectivity index (χ1v) is 8.23. The molecule has 1 atom stereocenters. The van der Waals surface area contributed by atoms with Crippen molar-refractivity contribution >= 4 is 12.0 Å². The summed E-state index contributed by atoms with van der Waals surface area (Å²) in [5, 5.41) is 4.42. The zero-order valence-electron chi connectivity index (χ0n) is 13.7. The maximum absolute atomic E-state index is 11.4. The molecule has 2 aromatic rings. The Kier molecular flexibility index (Phi) is 5.38. The summed E-state index contributed by atoms with van der Waals surface area (Å²) in [6, 6.07) is 3.92. The van der Waals surface area contributed by atoms with Gasteiger partial charge in [0.25, 0.3) is 0 Å². The minimum atomic E-state index is -0.358. The largest absolute Gasteiger partial charge is 0.463 e. The first-order chi connectivity index (χ1) is 11.8. The Balaban J connectivity index is 1.82. The SMILES string of the molecule is CCOC(=O)/C=C/c1cncc(-c2ccnn2C2CCCCO2)c1. The van der Waals surface area contributed by atoms with E-state index in [1.54, 1.807) is 31.6 Å². The predicted molar refractivity (Wildman–Crippen MR) is 90.0 cm³/mol. The zero-order chi connectivity index (χ0) is 16.8. The van der Waals surface area contributed by atoms with Crippen LogP contribution < -0.4 is 0 Å². The molecule has 3 rings (SSSR count). The molecule has 0 N–H and O–H groups in total. The molecule has 2 aromatic heterocycles. The summed E-state index contributed by atoms with van der Waals surface area (Å²) in [5.41, 5.74) is 2.73. The molecule has 6 nitrogen and oxygen atoms in total. The second-order valence-electron chi connectivity index (χ2n) is 5.57. The van der Waals surface area contributed by atoms with Crippen LogP contribution in [0.25, 0.3) is 17.3 Å². The Bertz CT molecular complexity index is 718. The van der Waals surface area contributed by atoms with E-state index < -0.39 is 0 Å². The number of pyridine rings is 1. The summed E-state index contributed by atoms with van der Waals surface area (Å²) >= 11 is 0. The number of carbonyl (C=O) groups is 1. The van der Waals surface area contributed by atoms with E-state index in [1.807, 2.05) is 16.8 Å². The fraction of sp³-hybridized carbons (Fsp3) is 0.389. The fourth-order valence-corrected chi connectivity index (χ4v) is 2.73. The average Bonchev–Trinajstić information content (AvgIpc) is 3.11. The third kappa shape index (κ3) is 3.89. The smallest absolute Gasteiger partial charge is 0.330 e. The molecule has 24 heavy (non-hydrogen) atoms. The molecule has 6 heteroatoms. The second-order valence-corrected chi connectivity index (χ2v) is 5.57. The number of hydrogen-bond donors (Lipinski definition) is 0. The average molecular weight is 327 g/mol. The van der Waals surface area contributed by atoms with Gasteiger partial charge in [-0.1, -0.05) is 0 Å². The Hall–Kier alpha value is -2.47. The quantitative estimate of drug-likeness (QED) is 0.623. The lowest BCUT2D eigenvalue weighted by molar-refractivity contribution is -0.137. The number of nitrogens with zero attached hydrogens (tertiary/aromatic N) is 3. The van der Waals surface area contributed by atoms with E-state index in [0.29, 0.717) is 6.61 Å². The van der Waals surface area contributed by atoms with Gasteiger partial charge in [0, 0.05) is 36.8 Å². The predicted octanol–water partition coefficient (Wildman–Crippen LogP) is 3.22. The van der Waals surface area contributed by atoms with E-state index >= 15 is 0 Å². The van der Waals surface area contributed by atoms with E-state index in [1.165, 1.54) is 6.08 Å². The maximum Gasteiger partial charge on any atom is 0.330 e. The van der Waals surface area contributed by atoms with Gasteiger partial charge in [0.05, 0.1) is 12.3 Å². The molecule has 1 aliphatic rings. The van der Waals surface area contributed by atoms with E-state index in [9.17, 15) is 4.79 Å². The van der Waals surface area contributed by atoms with Crippen molar-refractivity contribution in [3.63, 3.8) is 0 Å². The fourth-order valence-electron chi connectivity index (χ4n) is 2.73. The van der Waals surface area contributed by atoms with Crippen molar-refractivity contribution in [3.05, 3.63) is 42.4 Å². The molecule has 1 unspecified atom stereocenters. The summed E-state index contributed by atoms with van der Waals surface area (Å²) in [7, 11) is 0. The highest BCUT2D eigenvalue weighted by Crippen LogP contribution is 2.28. The molecule has 126 valence electrons. The van der Waals surface area contributed by atoms with Crippen LogP contribution >= 0.6 is 0 Å². The molecular weight excluding hydrogens is 306 g/mol. The molecule has 0 aromatic carbocycles. The summed E-state index contributed by atoms with van der Waals surface area (Å²) in [4.78, 5) is 15.7. The minimum Gasteiger partial charge on any atom is -0.463 e. The number of carbonyl (C=O) groups excluding carboxylic acids is 1. The lowest BCUT2D eigenvalue weighted by Gasteiger charge is -2.24. The normalized spacial score (nSPS) is 18.0. The summed E-state index contributed by atoms with van der Waals surface area (Å²) in [5.74, 6) is -0.358. The first kappa shape index (κ1) is 16.4. The summed E-state index contributed by atoms with van der Waals surface area (Å²) in [6.07, 6.45) is 11.6. The van der Waals surface area contributed by atoms with Crippen molar-refractivity contribution in [2.45, 2.75) is 32.4 Å². The second kappa shape index (κ2) is 7.88. The third-order valence-electron chi connectivity index (χ3n) is 3.85. The van der Waals surface area contributed by atoms with Crippen LogP contribution in [0.4, 0.5) is 0 Å². The highest BCUT2D eigenvalue weighted by atomic mass is 16.5. The van der Waals surface area contributed by atoms with Crippen molar-refractivity contribution < 1.29 is 14.3 Å². The summed E-state index contributed by atoms with van der Waals surface area (Å²) < 4.78 is 12.6. The molecular formula is C18H21N3O3. The number of ether oxygens (including phenoxy) is 2. The van der Waals surface area contributed by atoms with Gasteiger partial charge in [0.2, 0.25) is 0 Å². The molecule has 0 radical (unpaired) electrons. The molecule has 0 saturated carbocycles. The van der Waals surface area contributed by atoms with Crippen LogP contribution in [-0.4, -0.2) is 33.9 Å². The van der Waals surface area contributed by atoms with Crippen LogP contribution in [0.3, 0.4) is 0 Å². The Morgan fingerprint density at radius 3 is 3.17 bits per heavy atom. The van der Waals surface area contributed by atoms with Crippen LogP contribution in [0, 0.1) is 0 Å². The lowest BCUT2D eigenvalue weighted by atomic mass is 10.1. The number of rotatable bonds is 5. The lowest BCUT2D eigenvalue weighted by Crippen LogP contribution is -2.19. The maximum atomic E-state index is 11.4. The Morgan fingerprint density at radius 2 is 2.38 bits per heavy atom. The molecule has 0 spiro atoms. The standard InChI is InChI=1S/C18H21N3O3/c1-2-23-18(22)7-6-14-11-15(13-19-12-14)16-8-9-20-21(16)17-5-3-4-10-24-17/h6-9,11-13,17H,2-5,10H2,1H3/b7-6+. The van der Waals surface area contributed by atoms with Gasteiger partial charge in [0.1, 0.15) is 0 Å². The van der Waals surface area contributed by atoms with E-state index in [0.717, 1.165) is 42.7 Å². The highest BCUT2D eigenvalue weighted by Gasteiger charge is 2.19. The molecule has 3 heterocycles. The van der Waals surface area contributed by atoms with Crippen molar-refractivity contribution in [1.29, 1.82) is 0 Å². The molecule has 1 aliphatic heterocycles. The van der Waals surface area contributed by atoms with E-state index in [4.69, 9.17) is 9.47 Å². The van der Waals surface area contributed by atoms with Gasteiger partial charge >= 0.3 is 5.97 Å². The molecule has 1 saturated heterocycles. The van der Waals surface area contributed by atoms with Crippen molar-refractivity contribution in [3.8, 4) is 11.3 Å². The monoisotopic (exact) mass is 327 g/mol. The van der Waals surface area contributed by atoms with Gasteiger partial charge in [-0.3, -0.25) is 4.98 Å². The van der Waals surface area contributed by atoms with Gasteiger partial charge in [-0.2, -0.15) is 5.10 Å². The Morgan fingerprint density at radius 1 is 1.46 bits per heavy atom.